The van der Waals surface area contributed by atoms with E-state index in [1.807, 2.05) is 18.2 Å². The second kappa shape index (κ2) is 10.8. The summed E-state index contributed by atoms with van der Waals surface area (Å²) < 4.78 is 11.5. The highest BCUT2D eigenvalue weighted by Crippen LogP contribution is 2.39. The molecule has 2 aromatic heterocycles. The zero-order valence-corrected chi connectivity index (χ0v) is 21.0. The average molecular weight is 537 g/mol. The van der Waals surface area contributed by atoms with Crippen LogP contribution in [0, 0.1) is 6.57 Å². The fourth-order valence-electron chi connectivity index (χ4n) is 4.35. The Morgan fingerprint density at radius 1 is 1.22 bits per heavy atom. The van der Waals surface area contributed by atoms with Gasteiger partial charge in [-0.15, -0.1) is 0 Å². The highest BCUT2D eigenvalue weighted by atomic mass is 35.5. The van der Waals surface area contributed by atoms with Crippen molar-refractivity contribution < 1.29 is 19.4 Å². The number of ether oxygens (including phenoxy) is 2. The molecule has 0 saturated carbocycles. The van der Waals surface area contributed by atoms with Crippen LogP contribution in [-0.4, -0.2) is 46.2 Å². The molecule has 0 bridgehead atoms. The first-order valence-corrected chi connectivity index (χ1v) is 12.4. The normalized spacial score (nSPS) is 17.4. The average Bonchev–Trinajstić information content (AvgIpc) is 3.34. The number of aliphatic hydroxyl groups is 1. The number of ketones is 1. The van der Waals surface area contributed by atoms with Gasteiger partial charge < -0.3 is 24.9 Å². The summed E-state index contributed by atoms with van der Waals surface area (Å²) in [6, 6.07) is 12.1. The molecule has 1 fully saturated rings. The quantitative estimate of drug-likeness (QED) is 0.187. The molecule has 0 amide bonds. The Hall–Kier alpha value is -3.61. The van der Waals surface area contributed by atoms with Gasteiger partial charge in [0.1, 0.15) is 17.1 Å². The molecule has 2 atom stereocenters. The highest BCUT2D eigenvalue weighted by Gasteiger charge is 2.27. The topological polar surface area (TPSA) is 101 Å². The molecule has 188 valence electrons. The number of rotatable bonds is 7. The number of H-pyrrole nitrogens is 1. The number of nitrogens with zero attached hydrogens (tertiary/aromatic N) is 2. The fraction of sp³-hybridized carbons (Fsp3) is 0.222. The Morgan fingerprint density at radius 3 is 2.62 bits per heavy atom. The van der Waals surface area contributed by atoms with Crippen molar-refractivity contribution in [1.29, 1.82) is 0 Å². The van der Waals surface area contributed by atoms with Crippen molar-refractivity contribution in [1.82, 2.24) is 9.97 Å². The minimum absolute atomic E-state index is 0.0350. The van der Waals surface area contributed by atoms with Gasteiger partial charge in [-0.1, -0.05) is 41.4 Å². The van der Waals surface area contributed by atoms with Gasteiger partial charge in [-0.25, -0.2) is 9.83 Å². The minimum Gasteiger partial charge on any atom is -0.457 e. The monoisotopic (exact) mass is 536 g/mol. The van der Waals surface area contributed by atoms with E-state index in [1.54, 1.807) is 30.5 Å². The van der Waals surface area contributed by atoms with Gasteiger partial charge in [0.15, 0.2) is 5.78 Å². The first kappa shape index (κ1) is 25.1. The van der Waals surface area contributed by atoms with Crippen molar-refractivity contribution in [2.75, 3.05) is 18.5 Å². The van der Waals surface area contributed by atoms with Gasteiger partial charge in [0.2, 0.25) is 5.69 Å². The number of anilines is 1. The number of hydrogen-bond acceptors (Lipinski definition) is 6. The molecule has 1 saturated heterocycles. The van der Waals surface area contributed by atoms with E-state index < -0.39 is 5.78 Å². The van der Waals surface area contributed by atoms with Crippen LogP contribution >= 0.6 is 23.2 Å². The number of aromatic nitrogens is 2. The van der Waals surface area contributed by atoms with Crippen LogP contribution in [0.15, 0.2) is 54.9 Å². The largest absolute Gasteiger partial charge is 0.457 e. The maximum atomic E-state index is 13.7. The lowest BCUT2D eigenvalue weighted by molar-refractivity contribution is -0.0223. The molecule has 37 heavy (non-hydrogen) atoms. The van der Waals surface area contributed by atoms with E-state index in [0.29, 0.717) is 41.2 Å². The van der Waals surface area contributed by atoms with Gasteiger partial charge in [-0.05, 0) is 25.0 Å². The number of benzene rings is 2. The third kappa shape index (κ3) is 5.13. The fourth-order valence-corrected chi connectivity index (χ4v) is 4.99. The molecular formula is C27H22Cl2N4O4. The number of halogens is 2. The van der Waals surface area contributed by atoms with E-state index in [2.05, 4.69) is 20.1 Å². The number of carbonyl (C=O) groups is 1. The van der Waals surface area contributed by atoms with Crippen molar-refractivity contribution in [2.24, 2.45) is 0 Å². The first-order chi connectivity index (χ1) is 18.0. The second-order valence-electron chi connectivity index (χ2n) is 8.62. The summed E-state index contributed by atoms with van der Waals surface area (Å²) in [5.41, 5.74) is 1.60. The minimum atomic E-state index is -0.417. The highest BCUT2D eigenvalue weighted by molar-refractivity contribution is 6.42. The van der Waals surface area contributed by atoms with E-state index in [4.69, 9.17) is 39.2 Å². The van der Waals surface area contributed by atoms with E-state index >= 15 is 0 Å². The maximum absolute atomic E-state index is 13.7. The van der Waals surface area contributed by atoms with Crippen LogP contribution in [0.2, 0.25) is 10.0 Å². The Kier molecular flexibility index (Phi) is 7.31. The van der Waals surface area contributed by atoms with Crippen LogP contribution in [-0.2, 0) is 4.74 Å². The van der Waals surface area contributed by atoms with Crippen LogP contribution in [0.25, 0.3) is 15.9 Å². The molecule has 4 aromatic rings. The van der Waals surface area contributed by atoms with Gasteiger partial charge in [0, 0.05) is 36.0 Å². The van der Waals surface area contributed by atoms with Gasteiger partial charge in [0.25, 0.3) is 0 Å². The van der Waals surface area contributed by atoms with Crippen LogP contribution in [0.1, 0.15) is 28.8 Å². The van der Waals surface area contributed by atoms with Gasteiger partial charge in [0.05, 0.1) is 52.7 Å². The molecule has 0 radical (unpaired) electrons. The molecule has 5 rings (SSSR count). The summed E-state index contributed by atoms with van der Waals surface area (Å²) >= 11 is 13.1. The Balaban J connectivity index is 1.50. The predicted molar refractivity (Wildman–Crippen MR) is 142 cm³/mol. The summed E-state index contributed by atoms with van der Waals surface area (Å²) in [4.78, 5) is 24.7. The molecule has 3 N–H and O–H groups in total. The third-order valence-corrected chi connectivity index (χ3v) is 6.79. The SMILES string of the molecule is [C-]#[N+]c1cnc2[nH]cc(C(=O)c3c(Cl)cc(Oc4ccccc4)cc3Cl)c2c1N[C@@H]1CC[C@@H](CO)OC1. The van der Waals surface area contributed by atoms with E-state index in [0.717, 1.165) is 6.42 Å². The summed E-state index contributed by atoms with van der Waals surface area (Å²) in [6.07, 6.45) is 4.22. The summed E-state index contributed by atoms with van der Waals surface area (Å²) in [5.74, 6) is 0.588. The van der Waals surface area contributed by atoms with E-state index in [-0.39, 0.29) is 45.6 Å². The number of pyridine rings is 1. The van der Waals surface area contributed by atoms with Gasteiger partial charge >= 0.3 is 0 Å². The standard InChI is InChI=1S/C27H22Cl2N4O4/c1-30-22-12-32-27-23(25(22)33-15-7-8-17(13-34)36-14-15)19(11-31-27)26(35)24-20(28)9-18(10-21(24)29)37-16-5-3-2-4-6-16/h2-6,9-12,15,17,34H,7-8,13-14H2,(H2,31,32,33)/t15-,17+/m1/s1. The molecule has 0 unspecified atom stereocenters. The number of aromatic amines is 1. The molecule has 1 aliphatic rings. The van der Waals surface area contributed by atoms with Crippen molar-refractivity contribution in [3.63, 3.8) is 0 Å². The lowest BCUT2D eigenvalue weighted by Crippen LogP contribution is -2.36. The molecule has 3 heterocycles. The lowest BCUT2D eigenvalue weighted by Gasteiger charge is -2.29. The molecule has 8 nitrogen and oxygen atoms in total. The van der Waals surface area contributed by atoms with Crippen molar-refractivity contribution in [3.05, 3.63) is 87.4 Å². The Morgan fingerprint density at radius 2 is 1.97 bits per heavy atom. The van der Waals surface area contributed by atoms with Crippen molar-refractivity contribution in [2.45, 2.75) is 25.0 Å². The van der Waals surface area contributed by atoms with Crippen molar-refractivity contribution in [3.8, 4) is 11.5 Å². The third-order valence-electron chi connectivity index (χ3n) is 6.19. The van der Waals surface area contributed by atoms with E-state index in [9.17, 15) is 9.90 Å². The number of para-hydroxylation sites is 1. The second-order valence-corrected chi connectivity index (χ2v) is 9.43. The molecule has 0 aliphatic carbocycles. The van der Waals surface area contributed by atoms with Crippen LogP contribution in [0.5, 0.6) is 11.5 Å². The Bertz CT molecular complexity index is 1470. The lowest BCUT2D eigenvalue weighted by atomic mass is 10.0. The zero-order chi connectivity index (χ0) is 25.9. The Labute approximate surface area is 223 Å². The summed E-state index contributed by atoms with van der Waals surface area (Å²) in [6.45, 7) is 7.97. The van der Waals surface area contributed by atoms with E-state index in [1.165, 1.54) is 6.20 Å². The number of fused-ring (bicyclic) bond motifs is 1. The smallest absolute Gasteiger partial charge is 0.228 e. The molecule has 1 aliphatic heterocycles. The summed E-state index contributed by atoms with van der Waals surface area (Å²) in [5, 5.41) is 13.5. The predicted octanol–water partition coefficient (Wildman–Crippen LogP) is 6.40. The number of hydrogen-bond donors (Lipinski definition) is 3. The number of carbonyl (C=O) groups excluding carboxylic acids is 1. The van der Waals surface area contributed by atoms with Crippen LogP contribution in [0.3, 0.4) is 0 Å². The molecule has 2 aromatic carbocycles. The van der Waals surface area contributed by atoms with Gasteiger partial charge in [-0.2, -0.15) is 0 Å². The van der Waals surface area contributed by atoms with Gasteiger partial charge in [-0.3, -0.25) is 4.79 Å². The summed E-state index contributed by atoms with van der Waals surface area (Å²) in [7, 11) is 0. The zero-order valence-electron chi connectivity index (χ0n) is 19.5. The van der Waals surface area contributed by atoms with Crippen LogP contribution < -0.4 is 10.1 Å². The molecule has 0 spiro atoms. The van der Waals surface area contributed by atoms with Crippen LogP contribution in [0.4, 0.5) is 11.4 Å². The molecule has 10 heteroatoms. The maximum Gasteiger partial charge on any atom is 0.228 e. The number of nitrogens with one attached hydrogen (secondary N) is 2. The molecular weight excluding hydrogens is 515 g/mol. The number of aliphatic hydroxyl groups excluding tert-OH is 1. The first-order valence-electron chi connectivity index (χ1n) is 11.6. The van der Waals surface area contributed by atoms with Crippen molar-refractivity contribution >= 4 is 51.4 Å².